The lowest BCUT2D eigenvalue weighted by molar-refractivity contribution is -0.121. The van der Waals surface area contributed by atoms with E-state index in [9.17, 15) is 9.59 Å². The number of carbonyl (C=O) groups excluding carboxylic acids is 2. The molecule has 1 aromatic rings. The summed E-state index contributed by atoms with van der Waals surface area (Å²) in [4.78, 5) is 26.2. The zero-order chi connectivity index (χ0) is 16.8. The fourth-order valence-electron chi connectivity index (χ4n) is 2.80. The van der Waals surface area contributed by atoms with Crippen LogP contribution in [0.15, 0.2) is 24.3 Å². The summed E-state index contributed by atoms with van der Waals surface area (Å²) < 4.78 is 0. The van der Waals surface area contributed by atoms with E-state index >= 15 is 0 Å². The van der Waals surface area contributed by atoms with Crippen molar-refractivity contribution in [3.05, 3.63) is 29.8 Å². The highest BCUT2D eigenvalue weighted by Gasteiger charge is 2.32. The van der Waals surface area contributed by atoms with E-state index < -0.39 is 0 Å². The van der Waals surface area contributed by atoms with E-state index in [1.165, 1.54) is 0 Å². The fourth-order valence-corrected chi connectivity index (χ4v) is 2.80. The van der Waals surface area contributed by atoms with Gasteiger partial charge in [0, 0.05) is 31.4 Å². The number of nitrogens with one attached hydrogen (secondary N) is 2. The second-order valence-corrected chi connectivity index (χ2v) is 6.19. The van der Waals surface area contributed by atoms with Gasteiger partial charge in [-0.2, -0.15) is 0 Å². The van der Waals surface area contributed by atoms with Crippen molar-refractivity contribution < 1.29 is 9.59 Å². The van der Waals surface area contributed by atoms with Crippen molar-refractivity contribution in [1.82, 2.24) is 10.2 Å². The molecule has 1 saturated heterocycles. The summed E-state index contributed by atoms with van der Waals surface area (Å²) in [5, 5.41) is 5.76. The Balaban J connectivity index is 1.97. The van der Waals surface area contributed by atoms with Gasteiger partial charge in [-0.1, -0.05) is 19.1 Å². The minimum absolute atomic E-state index is 0.0842. The zero-order valence-electron chi connectivity index (χ0n) is 13.8. The Morgan fingerprint density at radius 3 is 2.83 bits per heavy atom. The third kappa shape index (κ3) is 4.96. The molecule has 1 aromatic carbocycles. The van der Waals surface area contributed by atoms with Gasteiger partial charge in [-0.05, 0) is 37.5 Å². The predicted molar refractivity (Wildman–Crippen MR) is 91.2 cm³/mol. The Bertz CT molecular complexity index is 561. The monoisotopic (exact) mass is 318 g/mol. The van der Waals surface area contributed by atoms with E-state index in [4.69, 9.17) is 5.73 Å². The quantitative estimate of drug-likeness (QED) is 0.789. The van der Waals surface area contributed by atoms with Crippen LogP contribution in [0.5, 0.6) is 0 Å². The third-order valence-corrected chi connectivity index (χ3v) is 3.95. The number of rotatable bonds is 4. The number of carbonyl (C=O) groups is 2. The van der Waals surface area contributed by atoms with Crippen LogP contribution in [0.3, 0.4) is 0 Å². The second-order valence-electron chi connectivity index (χ2n) is 6.19. The molecular formula is C17H26N4O2. The van der Waals surface area contributed by atoms with E-state index in [2.05, 4.69) is 10.6 Å². The molecule has 2 rings (SSSR count). The molecule has 3 amide bonds. The van der Waals surface area contributed by atoms with E-state index in [1.807, 2.05) is 38.1 Å². The molecule has 0 aromatic heterocycles. The Morgan fingerprint density at radius 1 is 1.35 bits per heavy atom. The second kappa shape index (κ2) is 7.97. The van der Waals surface area contributed by atoms with Crippen molar-refractivity contribution >= 4 is 17.6 Å². The summed E-state index contributed by atoms with van der Waals surface area (Å²) in [7, 11) is 0. The molecule has 0 aliphatic carbocycles. The summed E-state index contributed by atoms with van der Waals surface area (Å²) in [5.41, 5.74) is 7.90. The molecule has 0 radical (unpaired) electrons. The van der Waals surface area contributed by atoms with Gasteiger partial charge >= 0.3 is 6.03 Å². The van der Waals surface area contributed by atoms with E-state index in [1.54, 1.807) is 4.90 Å². The normalized spacial score (nSPS) is 20.9. The molecule has 6 heteroatoms. The smallest absolute Gasteiger partial charge is 0.317 e. The Hall–Kier alpha value is -2.08. The Labute approximate surface area is 137 Å². The molecule has 1 aliphatic heterocycles. The van der Waals surface area contributed by atoms with Gasteiger partial charge in [-0.15, -0.1) is 0 Å². The summed E-state index contributed by atoms with van der Waals surface area (Å²) in [6, 6.07) is 7.35. The van der Waals surface area contributed by atoms with Crippen LogP contribution in [-0.4, -0.2) is 42.5 Å². The fraction of sp³-hybridized carbons (Fsp3) is 0.529. The summed E-state index contributed by atoms with van der Waals surface area (Å²) in [6.45, 7) is 5.50. The van der Waals surface area contributed by atoms with Gasteiger partial charge in [0.15, 0.2) is 0 Å². The molecule has 2 atom stereocenters. The van der Waals surface area contributed by atoms with E-state index in [-0.39, 0.29) is 23.9 Å². The summed E-state index contributed by atoms with van der Waals surface area (Å²) in [5.74, 6) is -0.370. The van der Waals surface area contributed by atoms with Crippen LogP contribution >= 0.6 is 0 Å². The molecule has 6 nitrogen and oxygen atoms in total. The SMILES string of the molecule is CCCNC(=O)N1CC(C(=O)Nc2cccc(C)c2)C[C@@H](N)C1. The lowest BCUT2D eigenvalue weighted by Gasteiger charge is -2.35. The maximum atomic E-state index is 12.5. The number of hydrogen-bond donors (Lipinski definition) is 3. The van der Waals surface area contributed by atoms with Gasteiger partial charge in [0.1, 0.15) is 0 Å². The first-order chi connectivity index (χ1) is 11.0. The van der Waals surface area contributed by atoms with Gasteiger partial charge in [-0.25, -0.2) is 4.79 Å². The van der Waals surface area contributed by atoms with Crippen LogP contribution in [0, 0.1) is 12.8 Å². The number of piperidine rings is 1. The first-order valence-corrected chi connectivity index (χ1v) is 8.15. The number of aryl methyl sites for hydroxylation is 1. The number of nitrogens with two attached hydrogens (primary N) is 1. The molecule has 23 heavy (non-hydrogen) atoms. The highest BCUT2D eigenvalue weighted by molar-refractivity contribution is 5.93. The van der Waals surface area contributed by atoms with Gasteiger partial charge in [0.25, 0.3) is 0 Å². The molecule has 4 N–H and O–H groups in total. The lowest BCUT2D eigenvalue weighted by atomic mass is 9.94. The van der Waals surface area contributed by atoms with Gasteiger partial charge in [0.2, 0.25) is 5.91 Å². The highest BCUT2D eigenvalue weighted by Crippen LogP contribution is 2.19. The largest absolute Gasteiger partial charge is 0.338 e. The maximum absolute atomic E-state index is 12.5. The molecule has 126 valence electrons. The lowest BCUT2D eigenvalue weighted by Crippen LogP contribution is -2.54. The van der Waals surface area contributed by atoms with Crippen LogP contribution in [0.25, 0.3) is 0 Å². The van der Waals surface area contributed by atoms with Crippen molar-refractivity contribution in [2.24, 2.45) is 11.7 Å². The number of benzene rings is 1. The average Bonchev–Trinajstić information content (AvgIpc) is 2.52. The average molecular weight is 318 g/mol. The third-order valence-electron chi connectivity index (χ3n) is 3.95. The minimum atomic E-state index is -0.286. The van der Waals surface area contributed by atoms with Gasteiger partial charge in [-0.3, -0.25) is 4.79 Å². The van der Waals surface area contributed by atoms with Crippen LogP contribution in [0.4, 0.5) is 10.5 Å². The van der Waals surface area contributed by atoms with Crippen LogP contribution < -0.4 is 16.4 Å². The van der Waals surface area contributed by atoms with Crippen molar-refractivity contribution in [2.75, 3.05) is 25.0 Å². The van der Waals surface area contributed by atoms with Crippen molar-refractivity contribution in [1.29, 1.82) is 0 Å². The highest BCUT2D eigenvalue weighted by atomic mass is 16.2. The van der Waals surface area contributed by atoms with Crippen LogP contribution in [-0.2, 0) is 4.79 Å². The Kier molecular flexibility index (Phi) is 5.98. The summed E-state index contributed by atoms with van der Waals surface area (Å²) in [6.07, 6.45) is 1.47. The summed E-state index contributed by atoms with van der Waals surface area (Å²) >= 11 is 0. The molecule has 1 unspecified atom stereocenters. The number of likely N-dealkylation sites (tertiary alicyclic amines) is 1. The first-order valence-electron chi connectivity index (χ1n) is 8.15. The number of hydrogen-bond acceptors (Lipinski definition) is 3. The van der Waals surface area contributed by atoms with Gasteiger partial charge in [0.05, 0.1) is 5.92 Å². The maximum Gasteiger partial charge on any atom is 0.317 e. The van der Waals surface area contributed by atoms with Crippen molar-refractivity contribution in [3.63, 3.8) is 0 Å². The number of urea groups is 1. The van der Waals surface area contributed by atoms with Crippen LogP contribution in [0.1, 0.15) is 25.3 Å². The molecular weight excluding hydrogens is 292 g/mol. The van der Waals surface area contributed by atoms with Crippen LogP contribution in [0.2, 0.25) is 0 Å². The van der Waals surface area contributed by atoms with E-state index in [0.29, 0.717) is 26.1 Å². The number of amides is 3. The predicted octanol–water partition coefficient (Wildman–Crippen LogP) is 1.70. The van der Waals surface area contributed by atoms with Crippen molar-refractivity contribution in [3.8, 4) is 0 Å². The topological polar surface area (TPSA) is 87.5 Å². The van der Waals surface area contributed by atoms with Gasteiger partial charge < -0.3 is 21.3 Å². The first kappa shape index (κ1) is 17.3. The van der Waals surface area contributed by atoms with E-state index in [0.717, 1.165) is 17.7 Å². The molecule has 1 fully saturated rings. The molecule has 0 spiro atoms. The number of anilines is 1. The molecule has 1 heterocycles. The Morgan fingerprint density at radius 2 is 2.13 bits per heavy atom. The molecule has 0 bridgehead atoms. The standard InChI is InChI=1S/C17H26N4O2/c1-3-7-19-17(23)21-10-13(9-14(18)11-21)16(22)20-15-6-4-5-12(2)8-15/h4-6,8,13-14H,3,7,9-11,18H2,1-2H3,(H,19,23)(H,20,22)/t13?,14-/m1/s1. The van der Waals surface area contributed by atoms with Crippen molar-refractivity contribution in [2.45, 2.75) is 32.7 Å². The minimum Gasteiger partial charge on any atom is -0.338 e. The molecule has 1 aliphatic rings. The molecule has 0 saturated carbocycles. The number of nitrogens with zero attached hydrogens (tertiary/aromatic N) is 1. The zero-order valence-corrected chi connectivity index (χ0v) is 13.8.